The standard InChI is InChI=1S/C12H13F4NO/c13-10-5-4-8(18-12(14,15)16)7-9(10)11-3-1-2-6-17-11/h4-5,7,11,17H,1-3,6H2/t11-/m1/s1. The van der Waals surface area contributed by atoms with Crippen molar-refractivity contribution in [3.63, 3.8) is 0 Å². The number of hydrogen-bond donors (Lipinski definition) is 1. The summed E-state index contributed by atoms with van der Waals surface area (Å²) >= 11 is 0. The van der Waals surface area contributed by atoms with Gasteiger partial charge in [-0.2, -0.15) is 0 Å². The lowest BCUT2D eigenvalue weighted by Crippen LogP contribution is -2.27. The topological polar surface area (TPSA) is 21.3 Å². The smallest absolute Gasteiger partial charge is 0.406 e. The first-order valence-corrected chi connectivity index (χ1v) is 5.74. The summed E-state index contributed by atoms with van der Waals surface area (Å²) < 4.78 is 53.7. The highest BCUT2D eigenvalue weighted by Crippen LogP contribution is 2.30. The number of ether oxygens (including phenoxy) is 1. The molecule has 0 aliphatic carbocycles. The summed E-state index contributed by atoms with van der Waals surface area (Å²) in [7, 11) is 0. The number of alkyl halides is 3. The van der Waals surface area contributed by atoms with Crippen LogP contribution in [0.5, 0.6) is 5.75 Å². The molecule has 18 heavy (non-hydrogen) atoms. The van der Waals surface area contributed by atoms with Crippen molar-refractivity contribution in [1.82, 2.24) is 5.32 Å². The van der Waals surface area contributed by atoms with Crippen LogP contribution in [0.25, 0.3) is 0 Å². The van der Waals surface area contributed by atoms with Gasteiger partial charge in [-0.05, 0) is 37.6 Å². The van der Waals surface area contributed by atoms with Crippen LogP contribution < -0.4 is 10.1 Å². The van der Waals surface area contributed by atoms with Gasteiger partial charge in [-0.25, -0.2) is 4.39 Å². The Bertz CT molecular complexity index is 413. The molecule has 2 rings (SSSR count). The van der Waals surface area contributed by atoms with Gasteiger partial charge in [-0.15, -0.1) is 13.2 Å². The summed E-state index contributed by atoms with van der Waals surface area (Å²) in [5.74, 6) is -0.893. The SMILES string of the molecule is Fc1ccc(OC(F)(F)F)cc1[C@H]1CCCCN1. The quantitative estimate of drug-likeness (QED) is 0.824. The molecule has 0 spiro atoms. The van der Waals surface area contributed by atoms with Gasteiger partial charge in [-0.3, -0.25) is 0 Å². The maximum Gasteiger partial charge on any atom is 0.573 e. The number of nitrogens with one attached hydrogen (secondary N) is 1. The van der Waals surface area contributed by atoms with E-state index in [1.165, 1.54) is 0 Å². The molecule has 0 radical (unpaired) electrons. The molecule has 1 atom stereocenters. The van der Waals surface area contributed by atoms with Gasteiger partial charge in [0.25, 0.3) is 0 Å². The average Bonchev–Trinajstić information content (AvgIpc) is 2.31. The zero-order chi connectivity index (χ0) is 13.2. The number of halogens is 4. The minimum absolute atomic E-state index is 0.233. The fourth-order valence-corrected chi connectivity index (χ4v) is 2.10. The van der Waals surface area contributed by atoms with Gasteiger partial charge < -0.3 is 10.1 Å². The Hall–Kier alpha value is -1.30. The Kier molecular flexibility index (Phi) is 3.75. The Morgan fingerprint density at radius 1 is 1.22 bits per heavy atom. The molecule has 0 amide bonds. The van der Waals surface area contributed by atoms with Crippen molar-refractivity contribution in [3.05, 3.63) is 29.6 Å². The fourth-order valence-electron chi connectivity index (χ4n) is 2.10. The van der Waals surface area contributed by atoms with Crippen molar-refractivity contribution in [2.24, 2.45) is 0 Å². The lowest BCUT2D eigenvalue weighted by atomic mass is 9.97. The summed E-state index contributed by atoms with van der Waals surface area (Å²) in [6.07, 6.45) is -2.11. The van der Waals surface area contributed by atoms with E-state index in [1.807, 2.05) is 0 Å². The fraction of sp³-hybridized carbons (Fsp3) is 0.500. The van der Waals surface area contributed by atoms with Crippen LogP contribution in [-0.4, -0.2) is 12.9 Å². The highest BCUT2D eigenvalue weighted by Gasteiger charge is 2.31. The second-order valence-electron chi connectivity index (χ2n) is 4.23. The number of benzene rings is 1. The first kappa shape index (κ1) is 13.1. The Balaban J connectivity index is 2.20. The predicted molar refractivity (Wildman–Crippen MR) is 57.7 cm³/mol. The van der Waals surface area contributed by atoms with Crippen LogP contribution in [0.3, 0.4) is 0 Å². The number of hydrogen-bond acceptors (Lipinski definition) is 2. The Morgan fingerprint density at radius 3 is 2.61 bits per heavy atom. The summed E-state index contributed by atoms with van der Waals surface area (Å²) in [5, 5.41) is 3.09. The van der Waals surface area contributed by atoms with Gasteiger partial charge >= 0.3 is 6.36 Å². The lowest BCUT2D eigenvalue weighted by molar-refractivity contribution is -0.274. The highest BCUT2D eigenvalue weighted by molar-refractivity contribution is 5.32. The van der Waals surface area contributed by atoms with Crippen LogP contribution in [0.2, 0.25) is 0 Å². The second-order valence-corrected chi connectivity index (χ2v) is 4.23. The molecule has 1 N–H and O–H groups in total. The van der Waals surface area contributed by atoms with Crippen molar-refractivity contribution in [3.8, 4) is 5.75 Å². The van der Waals surface area contributed by atoms with E-state index in [1.54, 1.807) is 0 Å². The summed E-state index contributed by atoms with van der Waals surface area (Å²) in [6, 6.07) is 2.86. The zero-order valence-corrected chi connectivity index (χ0v) is 9.56. The molecule has 1 saturated heterocycles. The van der Waals surface area contributed by atoms with Gasteiger partial charge in [0.2, 0.25) is 0 Å². The molecule has 2 nitrogen and oxygen atoms in total. The van der Waals surface area contributed by atoms with E-state index < -0.39 is 12.2 Å². The Labute approximate surface area is 102 Å². The van der Waals surface area contributed by atoms with E-state index in [-0.39, 0.29) is 17.4 Å². The lowest BCUT2D eigenvalue weighted by Gasteiger charge is -2.24. The first-order chi connectivity index (χ1) is 8.46. The van der Waals surface area contributed by atoms with Crippen molar-refractivity contribution < 1.29 is 22.3 Å². The molecule has 1 aliphatic heterocycles. The van der Waals surface area contributed by atoms with Gasteiger partial charge in [-0.1, -0.05) is 6.42 Å². The first-order valence-electron chi connectivity index (χ1n) is 5.74. The van der Waals surface area contributed by atoms with Crippen molar-refractivity contribution >= 4 is 0 Å². The maximum absolute atomic E-state index is 13.6. The molecule has 0 unspecified atom stereocenters. The third kappa shape index (κ3) is 3.35. The second kappa shape index (κ2) is 5.14. The largest absolute Gasteiger partial charge is 0.573 e. The molecule has 1 aromatic rings. The van der Waals surface area contributed by atoms with E-state index >= 15 is 0 Å². The minimum atomic E-state index is -4.75. The molecule has 0 saturated carbocycles. The molecule has 1 aromatic carbocycles. The highest BCUT2D eigenvalue weighted by atomic mass is 19.4. The van der Waals surface area contributed by atoms with Crippen molar-refractivity contribution in [1.29, 1.82) is 0 Å². The van der Waals surface area contributed by atoms with E-state index in [0.717, 1.165) is 37.6 Å². The molecule has 0 aromatic heterocycles. The molecule has 1 heterocycles. The summed E-state index contributed by atoms with van der Waals surface area (Å²) in [5.41, 5.74) is 0.233. The molecule has 6 heteroatoms. The van der Waals surface area contributed by atoms with E-state index in [2.05, 4.69) is 10.1 Å². The van der Waals surface area contributed by atoms with Gasteiger partial charge in [0.1, 0.15) is 11.6 Å². The molecular formula is C12H13F4NO. The predicted octanol–water partition coefficient (Wildman–Crippen LogP) is 3.54. The van der Waals surface area contributed by atoms with Crippen LogP contribution in [0.1, 0.15) is 30.9 Å². The summed E-state index contributed by atoms with van der Waals surface area (Å²) in [6.45, 7) is 0.745. The van der Waals surface area contributed by atoms with E-state index in [9.17, 15) is 17.6 Å². The van der Waals surface area contributed by atoms with Crippen molar-refractivity contribution in [2.45, 2.75) is 31.7 Å². The maximum atomic E-state index is 13.6. The van der Waals surface area contributed by atoms with Gasteiger partial charge in [0.05, 0.1) is 0 Å². The molecule has 1 aliphatic rings. The minimum Gasteiger partial charge on any atom is -0.406 e. The number of piperidine rings is 1. The van der Waals surface area contributed by atoms with Gasteiger partial charge in [0, 0.05) is 11.6 Å². The van der Waals surface area contributed by atoms with Crippen LogP contribution in [-0.2, 0) is 0 Å². The third-order valence-electron chi connectivity index (χ3n) is 2.89. The molecular weight excluding hydrogens is 250 g/mol. The average molecular weight is 263 g/mol. The van der Waals surface area contributed by atoms with Gasteiger partial charge in [0.15, 0.2) is 0 Å². The van der Waals surface area contributed by atoms with Crippen LogP contribution in [0.4, 0.5) is 17.6 Å². The summed E-state index contributed by atoms with van der Waals surface area (Å²) in [4.78, 5) is 0. The van der Waals surface area contributed by atoms with E-state index in [4.69, 9.17) is 0 Å². The van der Waals surface area contributed by atoms with Crippen LogP contribution in [0, 0.1) is 5.82 Å². The van der Waals surface area contributed by atoms with Crippen LogP contribution >= 0.6 is 0 Å². The zero-order valence-electron chi connectivity index (χ0n) is 9.56. The monoisotopic (exact) mass is 263 g/mol. The molecule has 1 fully saturated rings. The van der Waals surface area contributed by atoms with Crippen LogP contribution in [0.15, 0.2) is 18.2 Å². The van der Waals surface area contributed by atoms with E-state index in [0.29, 0.717) is 6.42 Å². The third-order valence-corrected chi connectivity index (χ3v) is 2.89. The number of rotatable bonds is 2. The molecule has 100 valence electrons. The van der Waals surface area contributed by atoms with Crippen molar-refractivity contribution in [2.75, 3.05) is 6.54 Å². The molecule has 0 bridgehead atoms. The normalized spacial score (nSPS) is 20.8. The Morgan fingerprint density at radius 2 is 2.00 bits per heavy atom.